The Morgan fingerprint density at radius 1 is 1.58 bits per heavy atom. The molecule has 0 aliphatic rings. The standard InChI is InChI=1S/C9H10FNO/c1-6(12)4-7-5-8(11)2-3-9(7)10/h2-3,5H,4,11H2,1H3. The van der Waals surface area contributed by atoms with Crippen molar-refractivity contribution in [3.05, 3.63) is 29.6 Å². The molecule has 0 aromatic heterocycles. The lowest BCUT2D eigenvalue weighted by atomic mass is 10.1. The largest absolute Gasteiger partial charge is 0.399 e. The zero-order valence-electron chi connectivity index (χ0n) is 6.80. The van der Waals surface area contributed by atoms with Crippen LogP contribution in [0.25, 0.3) is 0 Å². The highest BCUT2D eigenvalue weighted by Gasteiger charge is 2.04. The Morgan fingerprint density at radius 2 is 2.25 bits per heavy atom. The minimum atomic E-state index is -0.376. The predicted molar refractivity (Wildman–Crippen MR) is 45.2 cm³/mol. The quantitative estimate of drug-likeness (QED) is 0.679. The van der Waals surface area contributed by atoms with E-state index in [2.05, 4.69) is 0 Å². The van der Waals surface area contributed by atoms with Gasteiger partial charge in [0.2, 0.25) is 0 Å². The lowest BCUT2D eigenvalue weighted by Crippen LogP contribution is -2.00. The zero-order chi connectivity index (χ0) is 9.14. The average molecular weight is 167 g/mol. The van der Waals surface area contributed by atoms with Gasteiger partial charge in [0.25, 0.3) is 0 Å². The SMILES string of the molecule is CC(=O)Cc1cc(N)ccc1F. The molecular formula is C9H10FNO. The number of halogens is 1. The minimum absolute atomic E-state index is 0.0699. The van der Waals surface area contributed by atoms with Crippen molar-refractivity contribution >= 4 is 11.5 Å². The van der Waals surface area contributed by atoms with E-state index in [1.54, 1.807) is 0 Å². The molecule has 12 heavy (non-hydrogen) atoms. The third-order valence-corrected chi connectivity index (χ3v) is 1.51. The Labute approximate surface area is 70.2 Å². The predicted octanol–water partition coefficient (Wildman–Crippen LogP) is 1.54. The second-order valence-electron chi connectivity index (χ2n) is 2.73. The normalized spacial score (nSPS) is 9.83. The van der Waals surface area contributed by atoms with Gasteiger partial charge in [-0.25, -0.2) is 4.39 Å². The molecule has 0 saturated heterocycles. The number of rotatable bonds is 2. The van der Waals surface area contributed by atoms with Gasteiger partial charge < -0.3 is 5.73 Å². The molecule has 3 heteroatoms. The summed E-state index contributed by atoms with van der Waals surface area (Å²) in [5.74, 6) is -0.445. The first-order valence-corrected chi connectivity index (χ1v) is 3.63. The number of carbonyl (C=O) groups is 1. The summed E-state index contributed by atoms with van der Waals surface area (Å²) in [5, 5.41) is 0. The molecule has 0 fully saturated rings. The first-order chi connectivity index (χ1) is 5.59. The number of nitrogen functional groups attached to an aromatic ring is 1. The molecule has 0 amide bonds. The van der Waals surface area contributed by atoms with E-state index in [0.29, 0.717) is 11.3 Å². The van der Waals surface area contributed by atoms with E-state index in [1.807, 2.05) is 0 Å². The monoisotopic (exact) mass is 167 g/mol. The van der Waals surface area contributed by atoms with Gasteiger partial charge in [-0.1, -0.05) is 0 Å². The third-order valence-electron chi connectivity index (χ3n) is 1.51. The number of nitrogens with two attached hydrogens (primary N) is 1. The van der Waals surface area contributed by atoms with Gasteiger partial charge in [-0.15, -0.1) is 0 Å². The number of ketones is 1. The van der Waals surface area contributed by atoms with Gasteiger partial charge in [0.1, 0.15) is 11.6 Å². The van der Waals surface area contributed by atoms with Gasteiger partial charge >= 0.3 is 0 Å². The van der Waals surface area contributed by atoms with Crippen LogP contribution < -0.4 is 5.73 Å². The molecule has 2 N–H and O–H groups in total. The fraction of sp³-hybridized carbons (Fsp3) is 0.222. The lowest BCUT2D eigenvalue weighted by Gasteiger charge is -2.00. The molecule has 0 heterocycles. The van der Waals surface area contributed by atoms with E-state index in [-0.39, 0.29) is 18.0 Å². The van der Waals surface area contributed by atoms with E-state index in [9.17, 15) is 9.18 Å². The van der Waals surface area contributed by atoms with Gasteiger partial charge in [-0.05, 0) is 30.7 Å². The molecule has 0 spiro atoms. The summed E-state index contributed by atoms with van der Waals surface area (Å²) in [7, 11) is 0. The number of anilines is 1. The van der Waals surface area contributed by atoms with Crippen LogP contribution in [-0.4, -0.2) is 5.78 Å². The fourth-order valence-corrected chi connectivity index (χ4v) is 0.998. The van der Waals surface area contributed by atoms with Crippen LogP contribution in [-0.2, 0) is 11.2 Å². The molecular weight excluding hydrogens is 157 g/mol. The molecule has 0 unspecified atom stereocenters. The summed E-state index contributed by atoms with van der Waals surface area (Å²) in [6, 6.07) is 4.23. The fourth-order valence-electron chi connectivity index (χ4n) is 0.998. The lowest BCUT2D eigenvalue weighted by molar-refractivity contribution is -0.116. The van der Waals surface area contributed by atoms with Crippen molar-refractivity contribution in [2.45, 2.75) is 13.3 Å². The third kappa shape index (κ3) is 2.05. The number of benzene rings is 1. The van der Waals surface area contributed by atoms with Crippen LogP contribution in [0, 0.1) is 5.82 Å². The number of carbonyl (C=O) groups excluding carboxylic acids is 1. The van der Waals surface area contributed by atoms with Gasteiger partial charge in [0.05, 0.1) is 0 Å². The van der Waals surface area contributed by atoms with Crippen LogP contribution in [0.3, 0.4) is 0 Å². The summed E-state index contributed by atoms with van der Waals surface area (Å²) >= 11 is 0. The molecule has 0 atom stereocenters. The molecule has 1 rings (SSSR count). The summed E-state index contributed by atoms with van der Waals surface area (Å²) in [6.45, 7) is 1.42. The zero-order valence-corrected chi connectivity index (χ0v) is 6.80. The highest BCUT2D eigenvalue weighted by Crippen LogP contribution is 2.12. The van der Waals surface area contributed by atoms with Crippen LogP contribution >= 0.6 is 0 Å². The van der Waals surface area contributed by atoms with Crippen LogP contribution in [0.2, 0.25) is 0 Å². The highest BCUT2D eigenvalue weighted by molar-refractivity contribution is 5.78. The molecule has 0 bridgehead atoms. The maximum Gasteiger partial charge on any atom is 0.134 e. The summed E-state index contributed by atoms with van der Waals surface area (Å²) < 4.78 is 12.9. The van der Waals surface area contributed by atoms with Crippen molar-refractivity contribution in [3.8, 4) is 0 Å². The van der Waals surface area contributed by atoms with E-state index in [0.717, 1.165) is 0 Å². The Morgan fingerprint density at radius 3 is 2.83 bits per heavy atom. The van der Waals surface area contributed by atoms with E-state index in [1.165, 1.54) is 25.1 Å². The molecule has 0 saturated carbocycles. The molecule has 0 radical (unpaired) electrons. The van der Waals surface area contributed by atoms with E-state index < -0.39 is 0 Å². The number of Topliss-reactive ketones (excluding diaryl/α,β-unsaturated/α-hetero) is 1. The Kier molecular flexibility index (Phi) is 2.43. The molecule has 2 nitrogen and oxygen atoms in total. The molecule has 1 aromatic rings. The van der Waals surface area contributed by atoms with Crippen molar-refractivity contribution in [2.75, 3.05) is 5.73 Å². The van der Waals surface area contributed by atoms with Crippen molar-refractivity contribution in [1.29, 1.82) is 0 Å². The Hall–Kier alpha value is -1.38. The summed E-state index contributed by atoms with van der Waals surface area (Å²) in [6.07, 6.45) is 0.108. The van der Waals surface area contributed by atoms with Gasteiger partial charge in [-0.3, -0.25) is 4.79 Å². The maximum absolute atomic E-state index is 12.9. The van der Waals surface area contributed by atoms with Crippen molar-refractivity contribution in [1.82, 2.24) is 0 Å². The van der Waals surface area contributed by atoms with Gasteiger partial charge in [0.15, 0.2) is 0 Å². The van der Waals surface area contributed by atoms with Gasteiger partial charge in [-0.2, -0.15) is 0 Å². The molecule has 0 aliphatic carbocycles. The van der Waals surface area contributed by atoms with Crippen LogP contribution in [0.1, 0.15) is 12.5 Å². The number of hydrogen-bond acceptors (Lipinski definition) is 2. The molecule has 0 aliphatic heterocycles. The van der Waals surface area contributed by atoms with Crippen LogP contribution in [0.15, 0.2) is 18.2 Å². The first-order valence-electron chi connectivity index (χ1n) is 3.63. The highest BCUT2D eigenvalue weighted by atomic mass is 19.1. The van der Waals surface area contributed by atoms with Crippen molar-refractivity contribution in [2.24, 2.45) is 0 Å². The van der Waals surface area contributed by atoms with Crippen LogP contribution in [0.5, 0.6) is 0 Å². The average Bonchev–Trinajstić information content (AvgIpc) is 1.96. The van der Waals surface area contributed by atoms with E-state index >= 15 is 0 Å². The van der Waals surface area contributed by atoms with Crippen LogP contribution in [0.4, 0.5) is 10.1 Å². The summed E-state index contributed by atoms with van der Waals surface area (Å²) in [4.78, 5) is 10.7. The van der Waals surface area contributed by atoms with Crippen molar-refractivity contribution in [3.63, 3.8) is 0 Å². The molecule has 1 aromatic carbocycles. The first kappa shape index (κ1) is 8.71. The maximum atomic E-state index is 12.9. The second-order valence-corrected chi connectivity index (χ2v) is 2.73. The minimum Gasteiger partial charge on any atom is -0.399 e. The Bertz CT molecular complexity index is 309. The second kappa shape index (κ2) is 3.34. The summed E-state index contributed by atoms with van der Waals surface area (Å²) in [5.41, 5.74) is 6.27. The number of hydrogen-bond donors (Lipinski definition) is 1. The topological polar surface area (TPSA) is 43.1 Å². The van der Waals surface area contributed by atoms with Gasteiger partial charge in [0, 0.05) is 12.1 Å². The Balaban J connectivity index is 2.97. The smallest absolute Gasteiger partial charge is 0.134 e. The van der Waals surface area contributed by atoms with E-state index in [4.69, 9.17) is 5.73 Å². The molecule has 64 valence electrons. The van der Waals surface area contributed by atoms with Crippen molar-refractivity contribution < 1.29 is 9.18 Å².